The molecule has 12 heavy (non-hydrogen) atoms. The van der Waals surface area contributed by atoms with E-state index >= 15 is 0 Å². The lowest BCUT2D eigenvalue weighted by atomic mass is 10.2. The molecule has 0 bridgehead atoms. The summed E-state index contributed by atoms with van der Waals surface area (Å²) in [5, 5.41) is 3.58. The topological polar surface area (TPSA) is 48.8 Å². The quantitative estimate of drug-likeness (QED) is 0.386. The highest BCUT2D eigenvalue weighted by atomic mass is 35.5. The van der Waals surface area contributed by atoms with Crippen LogP contribution < -0.4 is 0 Å². The molecule has 0 amide bonds. The van der Waals surface area contributed by atoms with Crippen molar-refractivity contribution < 1.29 is 4.39 Å². The van der Waals surface area contributed by atoms with Gasteiger partial charge in [-0.1, -0.05) is 16.7 Å². The van der Waals surface area contributed by atoms with E-state index in [0.29, 0.717) is 10.6 Å². The van der Waals surface area contributed by atoms with Gasteiger partial charge in [-0.2, -0.15) is 0 Å². The Kier molecular flexibility index (Phi) is 2.91. The minimum Gasteiger partial charge on any atom is -0.207 e. The van der Waals surface area contributed by atoms with Gasteiger partial charge in [0.05, 0.1) is 6.54 Å². The number of hydrogen-bond acceptors (Lipinski definition) is 1. The molecule has 1 aromatic rings. The second kappa shape index (κ2) is 3.95. The minimum absolute atomic E-state index is 0.119. The Balaban J connectivity index is 2.92. The predicted molar refractivity (Wildman–Crippen MR) is 44.3 cm³/mol. The highest BCUT2D eigenvalue weighted by molar-refractivity contribution is 6.30. The van der Waals surface area contributed by atoms with Crippen LogP contribution in [0.1, 0.15) is 5.56 Å². The average Bonchev–Trinajstić information content (AvgIpc) is 1.99. The van der Waals surface area contributed by atoms with Crippen LogP contribution in [0.5, 0.6) is 0 Å². The standard InChI is InChI=1S/C7H5ClFN3/c8-6-1-5(4-11-12-10)2-7(9)3-6/h1-3H,4H2. The van der Waals surface area contributed by atoms with Gasteiger partial charge in [0.1, 0.15) is 5.82 Å². The van der Waals surface area contributed by atoms with Gasteiger partial charge >= 0.3 is 0 Å². The zero-order valence-corrected chi connectivity index (χ0v) is 6.79. The van der Waals surface area contributed by atoms with Crippen LogP contribution in [0.2, 0.25) is 5.02 Å². The number of azide groups is 1. The molecular weight excluding hydrogens is 181 g/mol. The third-order valence-electron chi connectivity index (χ3n) is 1.24. The van der Waals surface area contributed by atoms with Crippen molar-refractivity contribution >= 4 is 11.6 Å². The lowest BCUT2D eigenvalue weighted by Crippen LogP contribution is -1.82. The summed E-state index contributed by atoms with van der Waals surface area (Å²) in [6.07, 6.45) is 0. The Labute approximate surface area is 73.4 Å². The van der Waals surface area contributed by atoms with E-state index in [1.807, 2.05) is 0 Å². The van der Waals surface area contributed by atoms with E-state index in [0.717, 1.165) is 0 Å². The van der Waals surface area contributed by atoms with E-state index < -0.39 is 5.82 Å². The fourth-order valence-electron chi connectivity index (χ4n) is 0.816. The molecule has 0 saturated heterocycles. The summed E-state index contributed by atoms with van der Waals surface area (Å²) in [5.74, 6) is -0.425. The van der Waals surface area contributed by atoms with E-state index in [2.05, 4.69) is 10.0 Å². The van der Waals surface area contributed by atoms with Gasteiger partial charge in [-0.05, 0) is 29.3 Å². The summed E-state index contributed by atoms with van der Waals surface area (Å²) < 4.78 is 12.6. The predicted octanol–water partition coefficient (Wildman–Crippen LogP) is 3.29. The fraction of sp³-hybridized carbons (Fsp3) is 0.143. The van der Waals surface area contributed by atoms with Crippen LogP contribution in [-0.2, 0) is 6.54 Å². The van der Waals surface area contributed by atoms with Crippen molar-refractivity contribution in [1.29, 1.82) is 0 Å². The normalized spacial score (nSPS) is 9.17. The molecule has 0 saturated carbocycles. The van der Waals surface area contributed by atoms with Gasteiger partial charge in [0.2, 0.25) is 0 Å². The number of rotatable bonds is 2. The van der Waals surface area contributed by atoms with E-state index in [-0.39, 0.29) is 6.54 Å². The van der Waals surface area contributed by atoms with Crippen molar-refractivity contribution in [1.82, 2.24) is 0 Å². The van der Waals surface area contributed by atoms with Crippen molar-refractivity contribution in [2.45, 2.75) is 6.54 Å². The molecule has 0 aliphatic carbocycles. The van der Waals surface area contributed by atoms with E-state index in [4.69, 9.17) is 17.1 Å². The van der Waals surface area contributed by atoms with Crippen LogP contribution in [0.25, 0.3) is 10.4 Å². The Hall–Kier alpha value is -1.25. The van der Waals surface area contributed by atoms with Crippen LogP contribution in [-0.4, -0.2) is 0 Å². The van der Waals surface area contributed by atoms with Crippen molar-refractivity contribution in [2.75, 3.05) is 0 Å². The van der Waals surface area contributed by atoms with Crippen LogP contribution in [0.15, 0.2) is 23.3 Å². The highest BCUT2D eigenvalue weighted by Crippen LogP contribution is 2.14. The first-order valence-electron chi connectivity index (χ1n) is 3.18. The van der Waals surface area contributed by atoms with Gasteiger partial charge in [0.25, 0.3) is 0 Å². The molecule has 0 fully saturated rings. The zero-order valence-electron chi connectivity index (χ0n) is 6.04. The Bertz CT molecular complexity index is 313. The molecule has 62 valence electrons. The van der Waals surface area contributed by atoms with Crippen molar-refractivity contribution in [3.05, 3.63) is 45.0 Å². The summed E-state index contributed by atoms with van der Waals surface area (Å²) in [4.78, 5) is 2.55. The average molecular weight is 186 g/mol. The SMILES string of the molecule is [N-]=[N+]=NCc1cc(F)cc(Cl)c1. The molecule has 0 aromatic heterocycles. The van der Waals surface area contributed by atoms with Crippen LogP contribution in [0.4, 0.5) is 4.39 Å². The largest absolute Gasteiger partial charge is 0.207 e. The van der Waals surface area contributed by atoms with Crippen molar-refractivity contribution in [3.8, 4) is 0 Å². The lowest BCUT2D eigenvalue weighted by Gasteiger charge is -1.96. The van der Waals surface area contributed by atoms with Gasteiger partial charge < -0.3 is 0 Å². The molecule has 0 heterocycles. The summed E-state index contributed by atoms with van der Waals surface area (Å²) in [7, 11) is 0. The van der Waals surface area contributed by atoms with Crippen LogP contribution >= 0.6 is 11.6 Å². The number of benzene rings is 1. The van der Waals surface area contributed by atoms with E-state index in [9.17, 15) is 4.39 Å². The molecule has 3 nitrogen and oxygen atoms in total. The monoisotopic (exact) mass is 185 g/mol. The molecule has 0 aliphatic heterocycles. The van der Waals surface area contributed by atoms with Gasteiger partial charge in [0.15, 0.2) is 0 Å². The number of hydrogen-bond donors (Lipinski definition) is 0. The second-order valence-electron chi connectivity index (χ2n) is 2.17. The first-order chi connectivity index (χ1) is 5.72. The molecule has 1 aromatic carbocycles. The summed E-state index contributed by atoms with van der Waals surface area (Å²) >= 11 is 5.55. The zero-order chi connectivity index (χ0) is 8.97. The van der Waals surface area contributed by atoms with Gasteiger partial charge in [0, 0.05) is 9.93 Å². The molecule has 0 spiro atoms. The smallest absolute Gasteiger partial charge is 0.124 e. The number of nitrogens with zero attached hydrogens (tertiary/aromatic N) is 3. The van der Waals surface area contributed by atoms with Crippen molar-refractivity contribution in [3.63, 3.8) is 0 Å². The molecule has 0 radical (unpaired) electrons. The van der Waals surface area contributed by atoms with E-state index in [1.165, 1.54) is 12.1 Å². The highest BCUT2D eigenvalue weighted by Gasteiger charge is 1.97. The first kappa shape index (κ1) is 8.84. The molecule has 0 unspecified atom stereocenters. The van der Waals surface area contributed by atoms with Crippen LogP contribution in [0.3, 0.4) is 0 Å². The maximum absolute atomic E-state index is 12.6. The molecule has 1 rings (SSSR count). The second-order valence-corrected chi connectivity index (χ2v) is 2.60. The maximum Gasteiger partial charge on any atom is 0.124 e. The lowest BCUT2D eigenvalue weighted by molar-refractivity contribution is 0.625. The summed E-state index contributed by atoms with van der Waals surface area (Å²) in [6.45, 7) is 0.119. The van der Waals surface area contributed by atoms with Crippen molar-refractivity contribution in [2.24, 2.45) is 5.11 Å². The molecule has 0 N–H and O–H groups in total. The molecule has 0 atom stereocenters. The third kappa shape index (κ3) is 2.42. The fourth-order valence-corrected chi connectivity index (χ4v) is 1.06. The third-order valence-corrected chi connectivity index (χ3v) is 1.46. The summed E-state index contributed by atoms with van der Waals surface area (Å²) in [5.41, 5.74) is 8.57. The molecule has 0 aliphatic rings. The molecule has 5 heteroatoms. The Morgan fingerprint density at radius 3 is 2.83 bits per heavy atom. The number of halogens is 2. The maximum atomic E-state index is 12.6. The Morgan fingerprint density at radius 2 is 2.25 bits per heavy atom. The first-order valence-corrected chi connectivity index (χ1v) is 3.56. The van der Waals surface area contributed by atoms with Gasteiger partial charge in [-0.15, -0.1) is 0 Å². The Morgan fingerprint density at radius 1 is 1.50 bits per heavy atom. The van der Waals surface area contributed by atoms with E-state index in [1.54, 1.807) is 6.07 Å². The summed E-state index contributed by atoms with van der Waals surface area (Å²) in [6, 6.07) is 4.03. The van der Waals surface area contributed by atoms with Gasteiger partial charge in [-0.3, -0.25) is 0 Å². The minimum atomic E-state index is -0.425. The van der Waals surface area contributed by atoms with Gasteiger partial charge in [-0.25, -0.2) is 4.39 Å². The van der Waals surface area contributed by atoms with Crippen LogP contribution in [0, 0.1) is 5.82 Å². The molecular formula is C7H5ClFN3.